The minimum Gasteiger partial charge on any atom is -0.384 e. The third kappa shape index (κ3) is 3.71. The number of aliphatic hydroxyl groups excluding tert-OH is 1. The van der Waals surface area contributed by atoms with Crippen LogP contribution in [0.2, 0.25) is 0 Å². The Hall–Kier alpha value is -1.63. The standard InChI is InChI=1S/C12H18F2N4O5S/c1-2-5-24(21,22)16-6-7-9(19)12(13,14)10(23-7)18-4-3-8(15)17-11(18)20/h3-4,7,9-10,16,19H,2,5-6H2,1H3,(H2,15,17,20)/t7-,9-,10-/m1/s1. The van der Waals surface area contributed by atoms with Crippen molar-refractivity contribution in [2.45, 2.75) is 37.7 Å². The predicted octanol–water partition coefficient (Wildman–Crippen LogP) is -0.951. The van der Waals surface area contributed by atoms with Crippen molar-refractivity contribution in [3.8, 4) is 0 Å². The van der Waals surface area contributed by atoms with Gasteiger partial charge in [-0.25, -0.2) is 17.9 Å². The van der Waals surface area contributed by atoms with E-state index in [0.29, 0.717) is 11.0 Å². The van der Waals surface area contributed by atoms with E-state index in [-0.39, 0.29) is 11.6 Å². The van der Waals surface area contributed by atoms with Crippen molar-refractivity contribution in [2.75, 3.05) is 18.0 Å². The van der Waals surface area contributed by atoms with Gasteiger partial charge in [-0.05, 0) is 12.5 Å². The van der Waals surface area contributed by atoms with Crippen LogP contribution in [0.5, 0.6) is 0 Å². The summed E-state index contributed by atoms with van der Waals surface area (Å²) in [5, 5.41) is 9.75. The van der Waals surface area contributed by atoms with E-state index >= 15 is 0 Å². The van der Waals surface area contributed by atoms with E-state index in [1.54, 1.807) is 6.92 Å². The lowest BCUT2D eigenvalue weighted by atomic mass is 10.1. The Morgan fingerprint density at radius 1 is 1.54 bits per heavy atom. The second-order valence-electron chi connectivity index (χ2n) is 5.36. The molecule has 2 rings (SSSR count). The fourth-order valence-corrected chi connectivity index (χ4v) is 3.39. The van der Waals surface area contributed by atoms with E-state index in [1.165, 1.54) is 0 Å². The molecule has 0 unspecified atom stereocenters. The van der Waals surface area contributed by atoms with Gasteiger partial charge in [0.05, 0.1) is 5.75 Å². The zero-order chi connectivity index (χ0) is 18.1. The summed E-state index contributed by atoms with van der Waals surface area (Å²) in [7, 11) is -3.66. The number of aromatic nitrogens is 2. The summed E-state index contributed by atoms with van der Waals surface area (Å²) >= 11 is 0. The molecule has 0 bridgehead atoms. The molecular weight excluding hydrogens is 350 g/mol. The van der Waals surface area contributed by atoms with Gasteiger partial charge in [0.15, 0.2) is 0 Å². The van der Waals surface area contributed by atoms with Gasteiger partial charge in [-0.3, -0.25) is 4.57 Å². The third-order valence-corrected chi connectivity index (χ3v) is 5.01. The number of aliphatic hydroxyl groups is 1. The van der Waals surface area contributed by atoms with Gasteiger partial charge in [-0.2, -0.15) is 13.8 Å². The fourth-order valence-electron chi connectivity index (χ4n) is 2.29. The first-order valence-electron chi connectivity index (χ1n) is 7.12. The molecule has 24 heavy (non-hydrogen) atoms. The summed E-state index contributed by atoms with van der Waals surface area (Å²) in [6.07, 6.45) is -4.62. The molecule has 0 amide bonds. The number of rotatable bonds is 6. The number of sulfonamides is 1. The molecule has 1 saturated heterocycles. The number of nitrogens with two attached hydrogens (primary N) is 1. The molecule has 1 aromatic rings. The highest BCUT2D eigenvalue weighted by molar-refractivity contribution is 7.89. The summed E-state index contributed by atoms with van der Waals surface area (Å²) in [4.78, 5) is 15.0. The molecule has 0 spiro atoms. The Labute approximate surface area is 136 Å². The SMILES string of the molecule is CCCS(=O)(=O)NC[C@H]1O[C@@H](n2ccc(N)nc2=O)C(F)(F)[C@@H]1O. The zero-order valence-corrected chi connectivity index (χ0v) is 13.5. The van der Waals surface area contributed by atoms with Crippen LogP contribution in [0.25, 0.3) is 0 Å². The lowest BCUT2D eigenvalue weighted by Crippen LogP contribution is -2.44. The van der Waals surface area contributed by atoms with E-state index in [0.717, 1.165) is 12.3 Å². The molecule has 2 heterocycles. The van der Waals surface area contributed by atoms with Gasteiger partial charge in [-0.1, -0.05) is 6.92 Å². The molecule has 136 valence electrons. The number of ether oxygens (including phenoxy) is 1. The Kier molecular flexibility index (Phi) is 5.22. The number of hydrogen-bond acceptors (Lipinski definition) is 7. The van der Waals surface area contributed by atoms with Gasteiger partial charge in [0.1, 0.15) is 18.0 Å². The molecule has 1 aliphatic heterocycles. The number of hydrogen-bond donors (Lipinski definition) is 3. The second-order valence-corrected chi connectivity index (χ2v) is 7.28. The van der Waals surface area contributed by atoms with E-state index in [4.69, 9.17) is 10.5 Å². The van der Waals surface area contributed by atoms with Crippen LogP contribution < -0.4 is 16.1 Å². The van der Waals surface area contributed by atoms with Crippen molar-refractivity contribution in [2.24, 2.45) is 0 Å². The van der Waals surface area contributed by atoms with Gasteiger partial charge < -0.3 is 15.6 Å². The van der Waals surface area contributed by atoms with Crippen LogP contribution in [0.15, 0.2) is 17.1 Å². The minimum atomic E-state index is -3.82. The summed E-state index contributed by atoms with van der Waals surface area (Å²) in [5.74, 6) is -4.15. The van der Waals surface area contributed by atoms with Gasteiger partial charge in [0.2, 0.25) is 16.3 Å². The number of nitrogen functional groups attached to an aromatic ring is 1. The van der Waals surface area contributed by atoms with E-state index in [2.05, 4.69) is 9.71 Å². The van der Waals surface area contributed by atoms with Crippen molar-refractivity contribution in [3.05, 3.63) is 22.7 Å². The molecule has 9 nitrogen and oxygen atoms in total. The third-order valence-electron chi connectivity index (χ3n) is 3.46. The summed E-state index contributed by atoms with van der Waals surface area (Å²) in [6.45, 7) is 1.09. The van der Waals surface area contributed by atoms with Gasteiger partial charge in [0, 0.05) is 12.7 Å². The first-order chi connectivity index (χ1) is 11.1. The van der Waals surface area contributed by atoms with Crippen LogP contribution in [0.3, 0.4) is 0 Å². The number of alkyl halides is 2. The summed E-state index contributed by atoms with van der Waals surface area (Å²) in [5.41, 5.74) is 4.22. The number of anilines is 1. The van der Waals surface area contributed by atoms with Crippen molar-refractivity contribution in [3.63, 3.8) is 0 Å². The monoisotopic (exact) mass is 368 g/mol. The highest BCUT2D eigenvalue weighted by atomic mass is 32.2. The maximum absolute atomic E-state index is 14.2. The van der Waals surface area contributed by atoms with Gasteiger partial charge in [-0.15, -0.1) is 0 Å². The van der Waals surface area contributed by atoms with Crippen LogP contribution in [0.1, 0.15) is 19.6 Å². The summed E-state index contributed by atoms with van der Waals surface area (Å²) in [6, 6.07) is 1.13. The van der Waals surface area contributed by atoms with Crippen LogP contribution in [0, 0.1) is 0 Å². The largest absolute Gasteiger partial charge is 0.384 e. The summed E-state index contributed by atoms with van der Waals surface area (Å²) < 4.78 is 59.2. The van der Waals surface area contributed by atoms with E-state index in [9.17, 15) is 27.1 Å². The lowest BCUT2D eigenvalue weighted by Gasteiger charge is -2.20. The van der Waals surface area contributed by atoms with Crippen molar-refractivity contribution in [1.82, 2.24) is 14.3 Å². The van der Waals surface area contributed by atoms with Crippen molar-refractivity contribution < 1.29 is 27.0 Å². The maximum Gasteiger partial charge on any atom is 0.351 e. The Balaban J connectivity index is 2.20. The molecule has 0 radical (unpaired) electrons. The van der Waals surface area contributed by atoms with E-state index < -0.39 is 46.6 Å². The molecule has 3 atom stereocenters. The molecule has 0 saturated carbocycles. The fraction of sp³-hybridized carbons (Fsp3) is 0.667. The van der Waals surface area contributed by atoms with Crippen LogP contribution in [0.4, 0.5) is 14.6 Å². The normalized spacial score (nSPS) is 26.6. The number of nitrogens with zero attached hydrogens (tertiary/aromatic N) is 2. The second kappa shape index (κ2) is 6.70. The highest BCUT2D eigenvalue weighted by Crippen LogP contribution is 2.42. The topological polar surface area (TPSA) is 137 Å². The van der Waals surface area contributed by atoms with Gasteiger partial charge in [0.25, 0.3) is 0 Å². The van der Waals surface area contributed by atoms with Crippen molar-refractivity contribution in [1.29, 1.82) is 0 Å². The lowest BCUT2D eigenvalue weighted by molar-refractivity contribution is -0.140. The highest BCUT2D eigenvalue weighted by Gasteiger charge is 2.59. The van der Waals surface area contributed by atoms with E-state index in [1.807, 2.05) is 0 Å². The van der Waals surface area contributed by atoms with Crippen LogP contribution >= 0.6 is 0 Å². The average molecular weight is 368 g/mol. The Morgan fingerprint density at radius 3 is 2.79 bits per heavy atom. The predicted molar refractivity (Wildman–Crippen MR) is 79.9 cm³/mol. The van der Waals surface area contributed by atoms with Crippen LogP contribution in [-0.4, -0.2) is 53.5 Å². The van der Waals surface area contributed by atoms with Crippen LogP contribution in [-0.2, 0) is 14.8 Å². The molecule has 0 aromatic carbocycles. The molecule has 0 aliphatic carbocycles. The molecular formula is C12H18F2N4O5S. The quantitative estimate of drug-likeness (QED) is 0.589. The molecule has 1 aliphatic rings. The smallest absolute Gasteiger partial charge is 0.351 e. The Morgan fingerprint density at radius 2 is 2.21 bits per heavy atom. The average Bonchev–Trinajstić information content (AvgIpc) is 2.69. The Bertz CT molecular complexity index is 754. The van der Waals surface area contributed by atoms with Gasteiger partial charge >= 0.3 is 11.6 Å². The zero-order valence-electron chi connectivity index (χ0n) is 12.7. The minimum absolute atomic E-state index is 0.151. The molecule has 1 fully saturated rings. The molecule has 1 aromatic heterocycles. The molecule has 12 heteroatoms. The van der Waals surface area contributed by atoms with Crippen molar-refractivity contribution >= 4 is 15.8 Å². The number of nitrogens with one attached hydrogen (secondary N) is 1. The first kappa shape index (κ1) is 18.7. The number of halogens is 2. The first-order valence-corrected chi connectivity index (χ1v) is 8.77. The maximum atomic E-state index is 14.2. The molecule has 4 N–H and O–H groups in total.